The van der Waals surface area contributed by atoms with Crippen LogP contribution in [0.1, 0.15) is 11.4 Å². The van der Waals surface area contributed by atoms with Crippen molar-refractivity contribution in [1.29, 1.82) is 0 Å². The minimum Gasteiger partial charge on any atom is -0.484 e. The van der Waals surface area contributed by atoms with Gasteiger partial charge >= 0.3 is 0 Å². The SMILES string of the molecule is Cc1cc(OCC(=O)Nc2cc(-n3ccnc3C)ncn2)ccc1Cl. The maximum absolute atomic E-state index is 12.1. The molecule has 0 aliphatic rings. The Kier molecular flexibility index (Phi) is 4.95. The third kappa shape index (κ3) is 4.13. The molecule has 0 unspecified atom stereocenters. The summed E-state index contributed by atoms with van der Waals surface area (Å²) in [6.07, 6.45) is 4.85. The Morgan fingerprint density at radius 2 is 2.08 bits per heavy atom. The van der Waals surface area contributed by atoms with E-state index >= 15 is 0 Å². The standard InChI is InChI=1S/C17H16ClN5O2/c1-11-7-13(3-4-14(11)18)25-9-17(24)22-15-8-16(21-10-20-15)23-6-5-19-12(23)2/h3-8,10H,9H2,1-2H3,(H,20,21,22,24). The van der Waals surface area contributed by atoms with Crippen molar-refractivity contribution in [1.82, 2.24) is 19.5 Å². The number of hydrogen-bond donors (Lipinski definition) is 1. The molecule has 0 spiro atoms. The van der Waals surface area contributed by atoms with Crippen molar-refractivity contribution < 1.29 is 9.53 Å². The van der Waals surface area contributed by atoms with Gasteiger partial charge in [0.25, 0.3) is 5.91 Å². The fourth-order valence-corrected chi connectivity index (χ4v) is 2.32. The number of carbonyl (C=O) groups is 1. The summed E-state index contributed by atoms with van der Waals surface area (Å²) < 4.78 is 7.26. The van der Waals surface area contributed by atoms with Crippen LogP contribution in [-0.2, 0) is 4.79 Å². The number of anilines is 1. The minimum absolute atomic E-state index is 0.134. The van der Waals surface area contributed by atoms with E-state index in [-0.39, 0.29) is 12.5 Å². The van der Waals surface area contributed by atoms with Gasteiger partial charge in [-0.2, -0.15) is 0 Å². The number of carbonyl (C=O) groups excluding carboxylic acids is 1. The molecule has 1 N–H and O–H groups in total. The van der Waals surface area contributed by atoms with E-state index in [0.29, 0.717) is 22.4 Å². The van der Waals surface area contributed by atoms with Crippen LogP contribution in [0.4, 0.5) is 5.82 Å². The monoisotopic (exact) mass is 357 g/mol. The van der Waals surface area contributed by atoms with Gasteiger partial charge in [0.15, 0.2) is 6.61 Å². The summed E-state index contributed by atoms with van der Waals surface area (Å²) in [6, 6.07) is 6.89. The zero-order valence-corrected chi connectivity index (χ0v) is 14.5. The molecule has 0 aliphatic heterocycles. The number of aryl methyl sites for hydroxylation is 2. The van der Waals surface area contributed by atoms with Crippen LogP contribution in [0, 0.1) is 13.8 Å². The number of aromatic nitrogens is 4. The summed E-state index contributed by atoms with van der Waals surface area (Å²) in [6.45, 7) is 3.60. The Bertz CT molecular complexity index is 910. The van der Waals surface area contributed by atoms with E-state index in [2.05, 4.69) is 20.3 Å². The maximum Gasteiger partial charge on any atom is 0.263 e. The first kappa shape index (κ1) is 16.9. The Morgan fingerprint density at radius 3 is 2.80 bits per heavy atom. The molecule has 3 rings (SSSR count). The van der Waals surface area contributed by atoms with Crippen LogP contribution in [0.25, 0.3) is 5.82 Å². The van der Waals surface area contributed by atoms with Crippen LogP contribution in [0.3, 0.4) is 0 Å². The molecule has 0 radical (unpaired) electrons. The predicted molar refractivity (Wildman–Crippen MR) is 94.2 cm³/mol. The van der Waals surface area contributed by atoms with E-state index in [1.807, 2.05) is 13.8 Å². The molecule has 2 heterocycles. The average molecular weight is 358 g/mol. The third-order valence-electron chi connectivity index (χ3n) is 3.49. The highest BCUT2D eigenvalue weighted by atomic mass is 35.5. The van der Waals surface area contributed by atoms with Gasteiger partial charge in [0, 0.05) is 23.5 Å². The van der Waals surface area contributed by atoms with Crippen LogP contribution in [0.5, 0.6) is 5.75 Å². The topological polar surface area (TPSA) is 81.9 Å². The van der Waals surface area contributed by atoms with E-state index < -0.39 is 0 Å². The number of amides is 1. The lowest BCUT2D eigenvalue weighted by Gasteiger charge is -2.09. The summed E-state index contributed by atoms with van der Waals surface area (Å²) in [4.78, 5) is 24.4. The van der Waals surface area contributed by atoms with E-state index in [1.165, 1.54) is 6.33 Å². The number of nitrogens with zero attached hydrogens (tertiary/aromatic N) is 4. The van der Waals surface area contributed by atoms with Crippen molar-refractivity contribution >= 4 is 23.3 Å². The summed E-state index contributed by atoms with van der Waals surface area (Å²) in [5.41, 5.74) is 0.885. The normalized spacial score (nSPS) is 10.5. The van der Waals surface area contributed by atoms with Crippen LogP contribution < -0.4 is 10.1 Å². The summed E-state index contributed by atoms with van der Waals surface area (Å²) >= 11 is 5.96. The zero-order valence-electron chi connectivity index (χ0n) is 13.7. The van der Waals surface area contributed by atoms with Gasteiger partial charge < -0.3 is 10.1 Å². The quantitative estimate of drug-likeness (QED) is 0.759. The first-order chi connectivity index (χ1) is 12.0. The van der Waals surface area contributed by atoms with Crippen molar-refractivity contribution in [3.8, 4) is 11.6 Å². The number of imidazole rings is 1. The molecule has 7 nitrogen and oxygen atoms in total. The highest BCUT2D eigenvalue weighted by Gasteiger charge is 2.08. The van der Waals surface area contributed by atoms with Crippen molar-refractivity contribution in [3.63, 3.8) is 0 Å². The fraction of sp³-hybridized carbons (Fsp3) is 0.176. The van der Waals surface area contributed by atoms with E-state index in [0.717, 1.165) is 11.4 Å². The highest BCUT2D eigenvalue weighted by Crippen LogP contribution is 2.21. The Balaban J connectivity index is 1.63. The van der Waals surface area contributed by atoms with Crippen molar-refractivity contribution in [3.05, 3.63) is 59.4 Å². The number of hydrogen-bond acceptors (Lipinski definition) is 5. The van der Waals surface area contributed by atoms with Gasteiger partial charge in [0.05, 0.1) is 0 Å². The van der Waals surface area contributed by atoms with Gasteiger partial charge in [-0.3, -0.25) is 9.36 Å². The molecule has 0 atom stereocenters. The number of halogens is 1. The highest BCUT2D eigenvalue weighted by molar-refractivity contribution is 6.31. The number of benzene rings is 1. The van der Waals surface area contributed by atoms with Gasteiger partial charge in [-0.05, 0) is 37.6 Å². The van der Waals surface area contributed by atoms with Gasteiger partial charge in [-0.15, -0.1) is 0 Å². The van der Waals surface area contributed by atoms with Gasteiger partial charge in [0.1, 0.15) is 29.5 Å². The maximum atomic E-state index is 12.1. The van der Waals surface area contributed by atoms with Crippen LogP contribution in [0.15, 0.2) is 43.0 Å². The van der Waals surface area contributed by atoms with Crippen molar-refractivity contribution in [2.75, 3.05) is 11.9 Å². The van der Waals surface area contributed by atoms with Gasteiger partial charge in [-0.25, -0.2) is 15.0 Å². The third-order valence-corrected chi connectivity index (χ3v) is 3.92. The van der Waals surface area contributed by atoms with Crippen LogP contribution in [0.2, 0.25) is 5.02 Å². The summed E-state index contributed by atoms with van der Waals surface area (Å²) in [7, 11) is 0. The molecule has 0 aliphatic carbocycles. The molecule has 2 aromatic heterocycles. The molecule has 0 bridgehead atoms. The molecular formula is C17H16ClN5O2. The van der Waals surface area contributed by atoms with Crippen LogP contribution >= 0.6 is 11.6 Å². The second kappa shape index (κ2) is 7.31. The van der Waals surface area contributed by atoms with Gasteiger partial charge in [0.2, 0.25) is 0 Å². The first-order valence-electron chi connectivity index (χ1n) is 7.54. The lowest BCUT2D eigenvalue weighted by Crippen LogP contribution is -2.21. The first-order valence-corrected chi connectivity index (χ1v) is 7.92. The van der Waals surface area contributed by atoms with Crippen molar-refractivity contribution in [2.24, 2.45) is 0 Å². The zero-order chi connectivity index (χ0) is 17.8. The second-order valence-corrected chi connectivity index (χ2v) is 5.76. The fourth-order valence-electron chi connectivity index (χ4n) is 2.20. The lowest BCUT2D eigenvalue weighted by molar-refractivity contribution is -0.118. The van der Waals surface area contributed by atoms with E-state index in [4.69, 9.17) is 16.3 Å². The average Bonchev–Trinajstić information content (AvgIpc) is 3.02. The summed E-state index contributed by atoms with van der Waals surface area (Å²) in [5, 5.41) is 3.34. The predicted octanol–water partition coefficient (Wildman–Crippen LogP) is 2.95. The molecule has 1 aromatic carbocycles. The molecule has 0 saturated carbocycles. The number of rotatable bonds is 5. The lowest BCUT2D eigenvalue weighted by atomic mass is 10.2. The number of nitrogens with one attached hydrogen (secondary N) is 1. The number of ether oxygens (including phenoxy) is 1. The second-order valence-electron chi connectivity index (χ2n) is 5.35. The summed E-state index contributed by atoms with van der Waals surface area (Å²) in [5.74, 6) is 2.06. The molecule has 25 heavy (non-hydrogen) atoms. The molecule has 0 saturated heterocycles. The molecule has 1 amide bonds. The van der Waals surface area contributed by atoms with Crippen LogP contribution in [-0.4, -0.2) is 32.0 Å². The smallest absolute Gasteiger partial charge is 0.263 e. The molecule has 3 aromatic rings. The Hall–Kier alpha value is -2.93. The molecule has 128 valence electrons. The van der Waals surface area contributed by atoms with Gasteiger partial charge in [-0.1, -0.05) is 11.6 Å². The van der Waals surface area contributed by atoms with E-state index in [1.54, 1.807) is 41.2 Å². The van der Waals surface area contributed by atoms with E-state index in [9.17, 15) is 4.79 Å². The largest absolute Gasteiger partial charge is 0.484 e. The van der Waals surface area contributed by atoms with Crippen molar-refractivity contribution in [2.45, 2.75) is 13.8 Å². The minimum atomic E-state index is -0.320. The Morgan fingerprint density at radius 1 is 1.24 bits per heavy atom. The molecule has 0 fully saturated rings. The molecular weight excluding hydrogens is 342 g/mol. The molecule has 8 heteroatoms. The Labute approximate surface area is 149 Å².